The van der Waals surface area contributed by atoms with Crippen LogP contribution in [0.25, 0.3) is 0 Å². The number of aliphatic hydroxyl groups is 1. The molecule has 0 aliphatic heterocycles. The number of hydrogen-bond acceptors (Lipinski definition) is 2. The van der Waals surface area contributed by atoms with Crippen molar-refractivity contribution in [3.05, 3.63) is 35.6 Å². The molecule has 1 aromatic rings. The van der Waals surface area contributed by atoms with Crippen LogP contribution >= 0.6 is 0 Å². The maximum absolute atomic E-state index is 12.7. The van der Waals surface area contributed by atoms with Gasteiger partial charge in [-0.15, -0.1) is 0 Å². The van der Waals surface area contributed by atoms with Gasteiger partial charge >= 0.3 is 0 Å². The molecule has 1 aromatic carbocycles. The second-order valence-electron chi connectivity index (χ2n) is 4.15. The van der Waals surface area contributed by atoms with Gasteiger partial charge in [-0.1, -0.05) is 12.1 Å². The van der Waals surface area contributed by atoms with Crippen molar-refractivity contribution in [2.45, 2.75) is 25.8 Å². The zero-order valence-electron chi connectivity index (χ0n) is 9.82. The molecule has 3 heteroatoms. The van der Waals surface area contributed by atoms with Gasteiger partial charge in [0.2, 0.25) is 0 Å². The molecule has 2 nitrogen and oxygen atoms in total. The highest BCUT2D eigenvalue weighted by atomic mass is 19.1. The van der Waals surface area contributed by atoms with E-state index < -0.39 is 0 Å². The molecule has 0 radical (unpaired) electrons. The molecule has 0 spiro atoms. The molecule has 0 heterocycles. The minimum absolute atomic E-state index is 0.186. The first-order valence-corrected chi connectivity index (χ1v) is 5.76. The van der Waals surface area contributed by atoms with E-state index in [1.807, 2.05) is 12.1 Å². The topological polar surface area (TPSA) is 23.5 Å². The number of aliphatic hydroxyl groups excluding tert-OH is 1. The summed E-state index contributed by atoms with van der Waals surface area (Å²) in [5, 5.41) is 8.64. The van der Waals surface area contributed by atoms with Crippen LogP contribution in [0.4, 0.5) is 4.39 Å². The first-order chi connectivity index (χ1) is 7.72. The van der Waals surface area contributed by atoms with Crippen LogP contribution in [0.5, 0.6) is 0 Å². The van der Waals surface area contributed by atoms with E-state index in [1.165, 1.54) is 12.1 Å². The Morgan fingerprint density at radius 3 is 2.44 bits per heavy atom. The van der Waals surface area contributed by atoms with E-state index in [-0.39, 0.29) is 12.4 Å². The summed E-state index contributed by atoms with van der Waals surface area (Å²) in [6, 6.07) is 6.63. The van der Waals surface area contributed by atoms with Crippen molar-refractivity contribution in [1.82, 2.24) is 4.90 Å². The lowest BCUT2D eigenvalue weighted by Crippen LogP contribution is -2.19. The number of hydrogen-bond donors (Lipinski definition) is 1. The summed E-state index contributed by atoms with van der Waals surface area (Å²) >= 11 is 0. The highest BCUT2D eigenvalue weighted by Crippen LogP contribution is 2.06. The molecular formula is C13H20FNO. The molecule has 0 fully saturated rings. The number of nitrogens with zero attached hydrogens (tertiary/aromatic N) is 1. The Hall–Kier alpha value is -0.930. The van der Waals surface area contributed by atoms with E-state index in [0.29, 0.717) is 0 Å². The van der Waals surface area contributed by atoms with Crippen LogP contribution in [0, 0.1) is 5.82 Å². The molecule has 0 saturated heterocycles. The first-order valence-electron chi connectivity index (χ1n) is 5.76. The second kappa shape index (κ2) is 7.36. The largest absolute Gasteiger partial charge is 0.396 e. The fourth-order valence-electron chi connectivity index (χ4n) is 1.65. The van der Waals surface area contributed by atoms with Crippen LogP contribution < -0.4 is 0 Å². The lowest BCUT2D eigenvalue weighted by atomic mass is 10.2. The van der Waals surface area contributed by atoms with Crippen molar-refractivity contribution in [3.63, 3.8) is 0 Å². The Morgan fingerprint density at radius 2 is 1.81 bits per heavy atom. The van der Waals surface area contributed by atoms with Crippen LogP contribution in [0.3, 0.4) is 0 Å². The van der Waals surface area contributed by atoms with Crippen molar-refractivity contribution in [2.75, 3.05) is 20.2 Å². The maximum Gasteiger partial charge on any atom is 0.123 e. The molecule has 1 rings (SSSR count). The lowest BCUT2D eigenvalue weighted by Gasteiger charge is -2.16. The molecule has 0 unspecified atom stereocenters. The van der Waals surface area contributed by atoms with Gasteiger partial charge < -0.3 is 10.0 Å². The van der Waals surface area contributed by atoms with Gasteiger partial charge in [0, 0.05) is 13.2 Å². The molecule has 90 valence electrons. The van der Waals surface area contributed by atoms with E-state index >= 15 is 0 Å². The third-order valence-electron chi connectivity index (χ3n) is 2.56. The fourth-order valence-corrected chi connectivity index (χ4v) is 1.65. The Bertz CT molecular complexity index is 286. The predicted octanol–water partition coefficient (Wildman–Crippen LogP) is 2.42. The number of halogens is 1. The predicted molar refractivity (Wildman–Crippen MR) is 63.7 cm³/mol. The third kappa shape index (κ3) is 5.24. The molecule has 1 N–H and O–H groups in total. The molecule has 0 aliphatic carbocycles. The van der Waals surface area contributed by atoms with Gasteiger partial charge in [-0.2, -0.15) is 0 Å². The first kappa shape index (κ1) is 13.1. The Balaban J connectivity index is 2.23. The smallest absolute Gasteiger partial charge is 0.123 e. The molecule has 0 aliphatic rings. The maximum atomic E-state index is 12.7. The van der Waals surface area contributed by atoms with Gasteiger partial charge in [0.15, 0.2) is 0 Å². The summed E-state index contributed by atoms with van der Waals surface area (Å²) in [7, 11) is 2.06. The van der Waals surface area contributed by atoms with Gasteiger partial charge in [-0.05, 0) is 50.6 Å². The Morgan fingerprint density at radius 1 is 1.12 bits per heavy atom. The summed E-state index contributed by atoms with van der Waals surface area (Å²) in [6.45, 7) is 2.14. The summed E-state index contributed by atoms with van der Waals surface area (Å²) in [4.78, 5) is 2.21. The highest BCUT2D eigenvalue weighted by Gasteiger charge is 2.00. The number of unbranched alkanes of at least 4 members (excludes halogenated alkanes) is 2. The average molecular weight is 225 g/mol. The van der Waals surface area contributed by atoms with Crippen LogP contribution in [-0.4, -0.2) is 30.2 Å². The van der Waals surface area contributed by atoms with Crippen molar-refractivity contribution < 1.29 is 9.50 Å². The van der Waals surface area contributed by atoms with Gasteiger partial charge in [0.1, 0.15) is 5.82 Å². The Labute approximate surface area is 96.7 Å². The summed E-state index contributed by atoms with van der Waals surface area (Å²) < 4.78 is 12.7. The normalized spacial score (nSPS) is 11.0. The van der Waals surface area contributed by atoms with Crippen molar-refractivity contribution in [1.29, 1.82) is 0 Å². The third-order valence-corrected chi connectivity index (χ3v) is 2.56. The monoisotopic (exact) mass is 225 g/mol. The van der Waals surface area contributed by atoms with Crippen molar-refractivity contribution >= 4 is 0 Å². The summed E-state index contributed by atoms with van der Waals surface area (Å²) in [5.74, 6) is -0.186. The van der Waals surface area contributed by atoms with E-state index in [2.05, 4.69) is 11.9 Å². The second-order valence-corrected chi connectivity index (χ2v) is 4.15. The van der Waals surface area contributed by atoms with Crippen molar-refractivity contribution in [3.8, 4) is 0 Å². The van der Waals surface area contributed by atoms with Gasteiger partial charge in [0.25, 0.3) is 0 Å². The number of benzene rings is 1. The quantitative estimate of drug-likeness (QED) is 0.720. The molecule has 16 heavy (non-hydrogen) atoms. The van der Waals surface area contributed by atoms with Crippen LogP contribution in [-0.2, 0) is 6.54 Å². The standard InChI is InChI=1S/C13H20FNO/c1-15(9-3-2-4-10-16)11-12-5-7-13(14)8-6-12/h5-8,16H,2-4,9-11H2,1H3. The van der Waals surface area contributed by atoms with Crippen LogP contribution in [0.15, 0.2) is 24.3 Å². The minimum atomic E-state index is -0.186. The van der Waals surface area contributed by atoms with E-state index in [0.717, 1.165) is 37.9 Å². The molecule has 0 amide bonds. The summed E-state index contributed by atoms with van der Waals surface area (Å²) in [5.41, 5.74) is 1.13. The van der Waals surface area contributed by atoms with E-state index in [4.69, 9.17) is 5.11 Å². The summed E-state index contributed by atoms with van der Waals surface area (Å²) in [6.07, 6.45) is 3.03. The van der Waals surface area contributed by atoms with E-state index in [1.54, 1.807) is 0 Å². The van der Waals surface area contributed by atoms with Gasteiger partial charge in [-0.25, -0.2) is 4.39 Å². The van der Waals surface area contributed by atoms with Gasteiger partial charge in [-0.3, -0.25) is 0 Å². The molecule has 0 saturated carbocycles. The van der Waals surface area contributed by atoms with Crippen LogP contribution in [0.1, 0.15) is 24.8 Å². The van der Waals surface area contributed by atoms with Crippen molar-refractivity contribution in [2.24, 2.45) is 0 Å². The molecule has 0 bridgehead atoms. The SMILES string of the molecule is CN(CCCCCO)Cc1ccc(F)cc1. The molecule has 0 aromatic heterocycles. The average Bonchev–Trinajstić information content (AvgIpc) is 2.28. The molecule has 0 atom stereocenters. The molecular weight excluding hydrogens is 205 g/mol. The van der Waals surface area contributed by atoms with Gasteiger partial charge in [0.05, 0.1) is 0 Å². The number of rotatable bonds is 7. The lowest BCUT2D eigenvalue weighted by molar-refractivity contribution is 0.271. The zero-order chi connectivity index (χ0) is 11.8. The van der Waals surface area contributed by atoms with Crippen LogP contribution in [0.2, 0.25) is 0 Å². The zero-order valence-corrected chi connectivity index (χ0v) is 9.82. The highest BCUT2D eigenvalue weighted by molar-refractivity contribution is 5.15. The van der Waals surface area contributed by atoms with E-state index in [9.17, 15) is 4.39 Å². The fraction of sp³-hybridized carbons (Fsp3) is 0.538. The minimum Gasteiger partial charge on any atom is -0.396 e. The Kier molecular flexibility index (Phi) is 6.04.